The van der Waals surface area contributed by atoms with Crippen LogP contribution < -0.4 is 0 Å². The van der Waals surface area contributed by atoms with Crippen molar-refractivity contribution in [3.63, 3.8) is 0 Å². The zero-order valence-corrected chi connectivity index (χ0v) is 5.26. The van der Waals surface area contributed by atoms with E-state index in [9.17, 15) is 0 Å². The van der Waals surface area contributed by atoms with Gasteiger partial charge in [0.1, 0.15) is 0 Å². The first-order valence-electron chi connectivity index (χ1n) is 1.41. The molecule has 0 aliphatic rings. The molecule has 3 atom stereocenters. The summed E-state index contributed by atoms with van der Waals surface area (Å²) in [5, 5.41) is 8.35. The first kappa shape index (κ1) is 5.82. The monoisotopic (exact) mass is 110 g/mol. The summed E-state index contributed by atoms with van der Waals surface area (Å²) in [6.07, 6.45) is 0. The van der Waals surface area contributed by atoms with Crippen molar-refractivity contribution < 1.29 is 5.11 Å². The van der Waals surface area contributed by atoms with Gasteiger partial charge in [-0.25, -0.2) is 0 Å². The van der Waals surface area contributed by atoms with Crippen LogP contribution in [-0.2, 0) is 0 Å². The molecular weight excluding hydrogens is 102 g/mol. The van der Waals surface area contributed by atoms with E-state index in [-0.39, 0.29) is 5.85 Å². The first-order valence-corrected chi connectivity index (χ1v) is 4.30. The lowest BCUT2D eigenvalue weighted by atomic mass is 10.9. The second kappa shape index (κ2) is 3.03. The molecule has 0 heterocycles. The van der Waals surface area contributed by atoms with E-state index in [4.69, 9.17) is 5.11 Å². The molecule has 0 rings (SSSR count). The van der Waals surface area contributed by atoms with Crippen molar-refractivity contribution in [1.82, 2.24) is 0 Å². The average molecular weight is 110 g/mol. The van der Waals surface area contributed by atoms with Gasteiger partial charge >= 0.3 is 0 Å². The number of hydrogen-bond acceptors (Lipinski definition) is 1. The third-order valence-corrected chi connectivity index (χ3v) is 2.17. The topological polar surface area (TPSA) is 20.2 Å². The van der Waals surface area contributed by atoms with Gasteiger partial charge < -0.3 is 5.11 Å². The van der Waals surface area contributed by atoms with Crippen LogP contribution in [0.3, 0.4) is 0 Å². The Bertz CT molecular complexity index is 21.6. The molecule has 1 nitrogen and oxygen atoms in total. The predicted octanol–water partition coefficient (Wildman–Crippen LogP) is 0.793. The quantitative estimate of drug-likeness (QED) is 0.495. The molecule has 0 aromatic carbocycles. The normalized spacial score (nSPS) is 17.4. The molecule has 0 saturated carbocycles. The Balaban J connectivity index is 2.54. The van der Waals surface area contributed by atoms with E-state index in [0.717, 1.165) is 0 Å². The molecular formula is C2H8OP2. The molecule has 0 aromatic heterocycles. The smallest absolute Gasteiger partial charge is 0.0709 e. The van der Waals surface area contributed by atoms with Gasteiger partial charge in [0, 0.05) is 0 Å². The minimum atomic E-state index is -0.125. The van der Waals surface area contributed by atoms with Gasteiger partial charge in [-0.1, -0.05) is 8.27 Å². The second-order valence-corrected chi connectivity index (χ2v) is 3.01. The lowest BCUT2D eigenvalue weighted by Gasteiger charge is -1.91. The highest BCUT2D eigenvalue weighted by molar-refractivity contribution is 8.03. The van der Waals surface area contributed by atoms with Crippen LogP contribution in [0.5, 0.6) is 0 Å². The fourth-order valence-electron chi connectivity index (χ4n) is 0. The molecule has 0 saturated heterocycles. The molecule has 0 spiro atoms. The lowest BCUT2D eigenvalue weighted by Crippen LogP contribution is -1.81. The highest BCUT2D eigenvalue weighted by atomic mass is 32.0. The molecule has 3 unspecified atom stereocenters. The lowest BCUT2D eigenvalue weighted by molar-refractivity contribution is 0.282. The number of aliphatic hydroxyl groups is 1. The summed E-state index contributed by atoms with van der Waals surface area (Å²) in [7, 11) is 3.06. The van der Waals surface area contributed by atoms with Crippen LogP contribution in [-0.4, -0.2) is 11.0 Å². The van der Waals surface area contributed by atoms with Gasteiger partial charge in [-0.05, 0) is 6.92 Å². The van der Waals surface area contributed by atoms with E-state index in [2.05, 4.69) is 8.93 Å². The zero-order chi connectivity index (χ0) is 4.28. The molecule has 0 fully saturated rings. The third-order valence-electron chi connectivity index (χ3n) is 0.241. The van der Waals surface area contributed by atoms with Crippen LogP contribution in [0.2, 0.25) is 0 Å². The molecule has 1 N–H and O–H groups in total. The largest absolute Gasteiger partial charge is 0.389 e. The molecule has 32 valence electrons. The minimum absolute atomic E-state index is 0.125. The average Bonchev–Trinajstić information content (AvgIpc) is 1.38. The van der Waals surface area contributed by atoms with E-state index >= 15 is 0 Å². The Labute approximate surface area is 36.0 Å². The second-order valence-electron chi connectivity index (χ2n) is 0.843. The van der Waals surface area contributed by atoms with E-state index in [1.54, 1.807) is 6.92 Å². The summed E-state index contributed by atoms with van der Waals surface area (Å²) in [5.74, 6) is -0.125. The maximum Gasteiger partial charge on any atom is 0.0709 e. The zero-order valence-electron chi connectivity index (χ0n) is 3.10. The van der Waals surface area contributed by atoms with E-state index in [1.165, 1.54) is 0 Å². The van der Waals surface area contributed by atoms with Gasteiger partial charge in [0.2, 0.25) is 0 Å². The Hall–Kier alpha value is 0.820. The van der Waals surface area contributed by atoms with Gasteiger partial charge in [0.15, 0.2) is 0 Å². The predicted molar refractivity (Wildman–Crippen MR) is 29.7 cm³/mol. The van der Waals surface area contributed by atoms with E-state index in [0.29, 0.717) is 8.27 Å². The van der Waals surface area contributed by atoms with Crippen molar-refractivity contribution >= 4 is 17.2 Å². The standard InChI is InChI=1S/C2H8OP2/c1-2(3)5-4/h2-3,5H,4H2,1H3. The van der Waals surface area contributed by atoms with Gasteiger partial charge in [0.25, 0.3) is 0 Å². The van der Waals surface area contributed by atoms with Crippen molar-refractivity contribution in [2.45, 2.75) is 12.8 Å². The van der Waals surface area contributed by atoms with Crippen LogP contribution in [0.15, 0.2) is 0 Å². The van der Waals surface area contributed by atoms with Crippen LogP contribution in [0.4, 0.5) is 0 Å². The molecule has 5 heavy (non-hydrogen) atoms. The summed E-state index contributed by atoms with van der Waals surface area (Å²) >= 11 is 0. The first-order chi connectivity index (χ1) is 2.27. The molecule has 0 bridgehead atoms. The summed E-state index contributed by atoms with van der Waals surface area (Å²) in [5.41, 5.74) is 0. The Morgan fingerprint density at radius 1 is 2.00 bits per heavy atom. The molecule has 0 aliphatic carbocycles. The Morgan fingerprint density at radius 3 is 2.20 bits per heavy atom. The Kier molecular flexibility index (Phi) is 3.52. The number of aliphatic hydroxyl groups excluding tert-OH is 1. The van der Waals surface area contributed by atoms with Crippen molar-refractivity contribution in [2.24, 2.45) is 0 Å². The molecule has 0 aromatic rings. The Morgan fingerprint density at radius 2 is 2.20 bits per heavy atom. The van der Waals surface area contributed by atoms with Gasteiger partial charge in [-0.2, -0.15) is 0 Å². The van der Waals surface area contributed by atoms with Crippen molar-refractivity contribution in [3.8, 4) is 0 Å². The van der Waals surface area contributed by atoms with Gasteiger partial charge in [-0.15, -0.1) is 8.93 Å². The summed E-state index contributed by atoms with van der Waals surface area (Å²) in [6.45, 7) is 1.77. The highest BCUT2D eigenvalue weighted by Crippen LogP contribution is 2.23. The van der Waals surface area contributed by atoms with Crippen LogP contribution in [0, 0.1) is 0 Å². The highest BCUT2D eigenvalue weighted by Gasteiger charge is 1.81. The minimum Gasteiger partial charge on any atom is -0.389 e. The molecule has 0 aliphatic heterocycles. The fourth-order valence-corrected chi connectivity index (χ4v) is 0. The van der Waals surface area contributed by atoms with Gasteiger partial charge in [-0.3, -0.25) is 0 Å². The molecule has 0 amide bonds. The maximum absolute atomic E-state index is 8.35. The van der Waals surface area contributed by atoms with Crippen molar-refractivity contribution in [2.75, 3.05) is 0 Å². The molecule has 0 radical (unpaired) electrons. The van der Waals surface area contributed by atoms with Crippen molar-refractivity contribution in [3.05, 3.63) is 0 Å². The fraction of sp³-hybridized carbons (Fsp3) is 1.00. The summed E-state index contributed by atoms with van der Waals surface area (Å²) in [4.78, 5) is 0. The van der Waals surface area contributed by atoms with E-state index in [1.807, 2.05) is 0 Å². The summed E-state index contributed by atoms with van der Waals surface area (Å²) < 4.78 is 0. The number of rotatable bonds is 1. The van der Waals surface area contributed by atoms with Crippen LogP contribution >= 0.6 is 17.2 Å². The maximum atomic E-state index is 8.35. The number of hydrogen-bond donors (Lipinski definition) is 1. The SMILES string of the molecule is CC(O)PP. The van der Waals surface area contributed by atoms with Crippen molar-refractivity contribution in [1.29, 1.82) is 0 Å². The third kappa shape index (κ3) is 4.82. The van der Waals surface area contributed by atoms with Crippen LogP contribution in [0.25, 0.3) is 0 Å². The molecule has 3 heteroatoms. The van der Waals surface area contributed by atoms with Crippen LogP contribution in [0.1, 0.15) is 6.92 Å². The summed E-state index contributed by atoms with van der Waals surface area (Å²) in [6, 6.07) is 0. The van der Waals surface area contributed by atoms with E-state index < -0.39 is 0 Å². The van der Waals surface area contributed by atoms with Gasteiger partial charge in [0.05, 0.1) is 5.85 Å².